The Morgan fingerprint density at radius 3 is 2.86 bits per heavy atom. The number of carbonyl (C=O) groups is 1. The quantitative estimate of drug-likeness (QED) is 0.710. The van der Waals surface area contributed by atoms with Gasteiger partial charge in [-0.15, -0.1) is 0 Å². The molecule has 1 aliphatic rings. The van der Waals surface area contributed by atoms with Crippen LogP contribution in [0.5, 0.6) is 0 Å². The molecule has 1 atom stereocenters. The van der Waals surface area contributed by atoms with E-state index in [0.717, 1.165) is 5.56 Å². The molecule has 72 valence electrons. The van der Waals surface area contributed by atoms with Crippen LogP contribution >= 0.6 is 11.6 Å². The van der Waals surface area contributed by atoms with Gasteiger partial charge in [0.25, 0.3) is 5.91 Å². The van der Waals surface area contributed by atoms with Gasteiger partial charge < -0.3 is 4.74 Å². The predicted molar refractivity (Wildman–Crippen MR) is 53.5 cm³/mol. The summed E-state index contributed by atoms with van der Waals surface area (Å²) in [5.74, 6) is 0.102. The second kappa shape index (κ2) is 3.42. The van der Waals surface area contributed by atoms with Crippen molar-refractivity contribution in [3.63, 3.8) is 0 Å². The number of carbonyl (C=O) groups excluding carboxylic acids is 1. The van der Waals surface area contributed by atoms with E-state index in [9.17, 15) is 4.79 Å². The Morgan fingerprint density at radius 1 is 1.50 bits per heavy atom. The number of hydrogen-bond acceptors (Lipinski definition) is 2. The van der Waals surface area contributed by atoms with Crippen molar-refractivity contribution in [3.8, 4) is 0 Å². The van der Waals surface area contributed by atoms with Crippen molar-refractivity contribution in [2.45, 2.75) is 13.0 Å². The van der Waals surface area contributed by atoms with Gasteiger partial charge in [-0.3, -0.25) is 4.79 Å². The van der Waals surface area contributed by atoms with Crippen molar-refractivity contribution in [2.24, 2.45) is 4.99 Å². The molecule has 2 rings (SSSR count). The summed E-state index contributed by atoms with van der Waals surface area (Å²) in [4.78, 5) is 14.9. The summed E-state index contributed by atoms with van der Waals surface area (Å²) in [6.45, 7) is 1.67. The Labute approximate surface area is 86.4 Å². The Morgan fingerprint density at radius 2 is 2.29 bits per heavy atom. The molecule has 1 aromatic carbocycles. The summed E-state index contributed by atoms with van der Waals surface area (Å²) in [7, 11) is 0. The van der Waals surface area contributed by atoms with Crippen molar-refractivity contribution in [1.29, 1.82) is 0 Å². The SMILES string of the molecule is CC1OC(c2cccc(Cl)c2)=NC1=O. The summed E-state index contributed by atoms with van der Waals surface area (Å²) in [5.41, 5.74) is 0.732. The second-order valence-corrected chi connectivity index (χ2v) is 3.46. The lowest BCUT2D eigenvalue weighted by Crippen LogP contribution is -2.12. The van der Waals surface area contributed by atoms with Crippen LogP contribution in [0.4, 0.5) is 0 Å². The standard InChI is InChI=1S/C10H8ClNO2/c1-6-9(13)12-10(14-6)7-3-2-4-8(11)5-7/h2-6H,1H3. The molecule has 0 spiro atoms. The van der Waals surface area contributed by atoms with Crippen LogP contribution < -0.4 is 0 Å². The lowest BCUT2D eigenvalue weighted by molar-refractivity contribution is -0.121. The topological polar surface area (TPSA) is 38.7 Å². The molecule has 0 saturated heterocycles. The van der Waals surface area contributed by atoms with E-state index in [1.807, 2.05) is 0 Å². The highest BCUT2D eigenvalue weighted by Gasteiger charge is 2.25. The molecule has 0 bridgehead atoms. The Bertz CT molecular complexity index is 414. The highest BCUT2D eigenvalue weighted by Crippen LogP contribution is 2.16. The molecule has 3 nitrogen and oxygen atoms in total. The molecular formula is C10H8ClNO2. The lowest BCUT2D eigenvalue weighted by atomic mass is 10.2. The van der Waals surface area contributed by atoms with Gasteiger partial charge in [0.2, 0.25) is 5.90 Å². The van der Waals surface area contributed by atoms with Gasteiger partial charge in [0.05, 0.1) is 0 Å². The van der Waals surface area contributed by atoms with Crippen LogP contribution in [0.2, 0.25) is 5.02 Å². The van der Waals surface area contributed by atoms with Gasteiger partial charge in [-0.05, 0) is 25.1 Å². The minimum atomic E-state index is -0.482. The number of rotatable bonds is 1. The molecule has 0 radical (unpaired) electrons. The summed E-state index contributed by atoms with van der Waals surface area (Å²) < 4.78 is 5.26. The van der Waals surface area contributed by atoms with Crippen LogP contribution in [0.25, 0.3) is 0 Å². The van der Waals surface area contributed by atoms with Crippen LogP contribution in [-0.4, -0.2) is 17.9 Å². The summed E-state index contributed by atoms with van der Waals surface area (Å²) in [6, 6.07) is 7.06. The fraction of sp³-hybridized carbons (Fsp3) is 0.200. The van der Waals surface area contributed by atoms with E-state index < -0.39 is 6.10 Å². The van der Waals surface area contributed by atoms with Gasteiger partial charge in [-0.25, -0.2) is 0 Å². The van der Waals surface area contributed by atoms with Gasteiger partial charge in [-0.2, -0.15) is 4.99 Å². The number of hydrogen-bond donors (Lipinski definition) is 0. The summed E-state index contributed by atoms with van der Waals surface area (Å²) in [5, 5.41) is 0.598. The molecule has 0 aliphatic carbocycles. The van der Waals surface area contributed by atoms with Crippen LogP contribution in [0, 0.1) is 0 Å². The molecule has 1 aliphatic heterocycles. The normalized spacial score (nSPS) is 20.6. The van der Waals surface area contributed by atoms with Crippen molar-refractivity contribution in [2.75, 3.05) is 0 Å². The van der Waals surface area contributed by atoms with Crippen LogP contribution in [0.3, 0.4) is 0 Å². The molecule has 1 heterocycles. The highest BCUT2D eigenvalue weighted by molar-refractivity contribution is 6.31. The van der Waals surface area contributed by atoms with E-state index in [1.165, 1.54) is 0 Å². The Balaban J connectivity index is 2.33. The average Bonchev–Trinajstić information content (AvgIpc) is 2.47. The molecule has 0 fully saturated rings. The first kappa shape index (κ1) is 9.21. The zero-order chi connectivity index (χ0) is 10.1. The third kappa shape index (κ3) is 1.63. The van der Waals surface area contributed by atoms with Crippen molar-refractivity contribution in [1.82, 2.24) is 0 Å². The third-order valence-electron chi connectivity index (χ3n) is 1.92. The van der Waals surface area contributed by atoms with Crippen molar-refractivity contribution < 1.29 is 9.53 Å². The molecular weight excluding hydrogens is 202 g/mol. The number of nitrogens with zero attached hydrogens (tertiary/aromatic N) is 1. The van der Waals surface area contributed by atoms with Gasteiger partial charge in [0, 0.05) is 10.6 Å². The van der Waals surface area contributed by atoms with Gasteiger partial charge in [-0.1, -0.05) is 17.7 Å². The third-order valence-corrected chi connectivity index (χ3v) is 2.15. The average molecular weight is 210 g/mol. The number of benzene rings is 1. The smallest absolute Gasteiger partial charge is 0.289 e. The maximum Gasteiger partial charge on any atom is 0.289 e. The van der Waals surface area contributed by atoms with Crippen molar-refractivity contribution in [3.05, 3.63) is 34.9 Å². The van der Waals surface area contributed by atoms with Crippen molar-refractivity contribution >= 4 is 23.4 Å². The zero-order valence-electron chi connectivity index (χ0n) is 7.53. The van der Waals surface area contributed by atoms with Gasteiger partial charge >= 0.3 is 0 Å². The predicted octanol–water partition coefficient (Wildman–Crippen LogP) is 2.03. The molecule has 1 unspecified atom stereocenters. The van der Waals surface area contributed by atoms with Gasteiger partial charge in [0.1, 0.15) is 0 Å². The summed E-state index contributed by atoms with van der Waals surface area (Å²) >= 11 is 5.80. The molecule has 0 aromatic heterocycles. The fourth-order valence-electron chi connectivity index (χ4n) is 1.19. The first-order valence-electron chi connectivity index (χ1n) is 4.22. The van der Waals surface area contributed by atoms with E-state index in [0.29, 0.717) is 10.9 Å². The first-order valence-corrected chi connectivity index (χ1v) is 4.60. The second-order valence-electron chi connectivity index (χ2n) is 3.03. The van der Waals surface area contributed by atoms with Gasteiger partial charge in [0.15, 0.2) is 6.10 Å². The van der Waals surface area contributed by atoms with E-state index >= 15 is 0 Å². The minimum absolute atomic E-state index is 0.250. The lowest BCUT2D eigenvalue weighted by Gasteiger charge is -2.03. The molecule has 14 heavy (non-hydrogen) atoms. The van der Waals surface area contributed by atoms with E-state index in [-0.39, 0.29) is 5.91 Å². The zero-order valence-corrected chi connectivity index (χ0v) is 8.28. The van der Waals surface area contributed by atoms with E-state index in [2.05, 4.69) is 4.99 Å². The minimum Gasteiger partial charge on any atom is -0.464 e. The fourth-order valence-corrected chi connectivity index (χ4v) is 1.38. The monoisotopic (exact) mass is 209 g/mol. The maximum atomic E-state index is 11.1. The number of aliphatic imine (C=N–C) groups is 1. The van der Waals surface area contributed by atoms with E-state index in [1.54, 1.807) is 31.2 Å². The van der Waals surface area contributed by atoms with Crippen LogP contribution in [0.1, 0.15) is 12.5 Å². The number of amides is 1. The highest BCUT2D eigenvalue weighted by atomic mass is 35.5. The number of halogens is 1. The van der Waals surface area contributed by atoms with Crippen LogP contribution in [-0.2, 0) is 9.53 Å². The largest absolute Gasteiger partial charge is 0.464 e. The molecule has 4 heteroatoms. The first-order chi connectivity index (χ1) is 6.66. The molecule has 1 amide bonds. The maximum absolute atomic E-state index is 11.1. The Hall–Kier alpha value is -1.35. The number of ether oxygens (including phenoxy) is 1. The molecule has 0 saturated carbocycles. The molecule has 1 aromatic rings. The molecule has 0 N–H and O–H groups in total. The Kier molecular flexibility index (Phi) is 2.25. The van der Waals surface area contributed by atoms with E-state index in [4.69, 9.17) is 16.3 Å². The van der Waals surface area contributed by atoms with Crippen LogP contribution in [0.15, 0.2) is 29.3 Å². The summed E-state index contributed by atoms with van der Waals surface area (Å²) in [6.07, 6.45) is -0.482.